The molecule has 3 amide bonds. The zero-order chi connectivity index (χ0) is 21.6. The Morgan fingerprint density at radius 1 is 1.03 bits per heavy atom. The second-order valence-electron chi connectivity index (χ2n) is 7.43. The van der Waals surface area contributed by atoms with Crippen LogP contribution in [0, 0.1) is 5.82 Å². The van der Waals surface area contributed by atoms with Crippen LogP contribution in [0.3, 0.4) is 0 Å². The third kappa shape index (κ3) is 5.06. The Kier molecular flexibility index (Phi) is 6.21. The van der Waals surface area contributed by atoms with Crippen LogP contribution in [-0.4, -0.2) is 34.9 Å². The molecule has 3 aromatic rings. The second kappa shape index (κ2) is 9.38. The SMILES string of the molecule is O=C(NCc1cccnc1)c1cccc(N2CCCN(Cc3ccc(F)cc3)C2=O)c1. The number of hydrogen-bond donors (Lipinski definition) is 1. The number of carbonyl (C=O) groups excluding carboxylic acids is 2. The maximum atomic E-state index is 13.2. The molecule has 2 aromatic carbocycles. The van der Waals surface area contributed by atoms with Crippen LogP contribution in [0.4, 0.5) is 14.9 Å². The van der Waals surface area contributed by atoms with E-state index in [9.17, 15) is 14.0 Å². The molecular formula is C24H23FN4O2. The molecule has 0 atom stereocenters. The van der Waals surface area contributed by atoms with Crippen molar-refractivity contribution in [3.8, 4) is 0 Å². The first-order valence-electron chi connectivity index (χ1n) is 10.2. The van der Waals surface area contributed by atoms with Crippen LogP contribution in [0.1, 0.15) is 27.9 Å². The molecule has 0 aliphatic carbocycles. The largest absolute Gasteiger partial charge is 0.348 e. The standard InChI is InChI=1S/C24H23FN4O2/c25-21-9-7-18(8-10-21)17-28-12-3-13-29(24(28)31)22-6-1-5-20(14-22)23(30)27-16-19-4-2-11-26-15-19/h1-2,4-11,14-15H,3,12-13,16-17H2,(H,27,30). The van der Waals surface area contributed by atoms with Gasteiger partial charge in [0, 0.05) is 49.8 Å². The Bertz CT molecular complexity index is 1060. The van der Waals surface area contributed by atoms with Gasteiger partial charge in [0.05, 0.1) is 0 Å². The number of aromatic nitrogens is 1. The van der Waals surface area contributed by atoms with E-state index in [0.717, 1.165) is 17.5 Å². The molecule has 31 heavy (non-hydrogen) atoms. The summed E-state index contributed by atoms with van der Waals surface area (Å²) < 4.78 is 13.2. The second-order valence-corrected chi connectivity index (χ2v) is 7.43. The Morgan fingerprint density at radius 2 is 1.87 bits per heavy atom. The van der Waals surface area contributed by atoms with Crippen molar-refractivity contribution in [2.24, 2.45) is 0 Å². The van der Waals surface area contributed by atoms with E-state index in [4.69, 9.17) is 0 Å². The summed E-state index contributed by atoms with van der Waals surface area (Å²) in [6.45, 7) is 2.02. The maximum absolute atomic E-state index is 13.2. The lowest BCUT2D eigenvalue weighted by molar-refractivity contribution is 0.0950. The van der Waals surface area contributed by atoms with E-state index in [-0.39, 0.29) is 17.8 Å². The lowest BCUT2D eigenvalue weighted by atomic mass is 10.1. The summed E-state index contributed by atoms with van der Waals surface area (Å²) in [6, 6.07) is 16.8. The van der Waals surface area contributed by atoms with E-state index in [1.807, 2.05) is 18.2 Å². The number of amides is 3. The fourth-order valence-electron chi connectivity index (χ4n) is 3.58. The van der Waals surface area contributed by atoms with Gasteiger partial charge in [-0.2, -0.15) is 0 Å². The molecule has 0 unspecified atom stereocenters. The number of nitrogens with one attached hydrogen (secondary N) is 1. The number of pyridine rings is 1. The number of carbonyl (C=O) groups is 2. The summed E-state index contributed by atoms with van der Waals surface area (Å²) in [6.07, 6.45) is 4.20. The van der Waals surface area contributed by atoms with Crippen molar-refractivity contribution in [3.63, 3.8) is 0 Å². The van der Waals surface area contributed by atoms with Crippen LogP contribution in [-0.2, 0) is 13.1 Å². The highest BCUT2D eigenvalue weighted by Crippen LogP contribution is 2.23. The summed E-state index contributed by atoms with van der Waals surface area (Å²) in [4.78, 5) is 33.1. The summed E-state index contributed by atoms with van der Waals surface area (Å²) >= 11 is 0. The van der Waals surface area contributed by atoms with Gasteiger partial charge in [0.15, 0.2) is 0 Å². The Morgan fingerprint density at radius 3 is 2.65 bits per heavy atom. The van der Waals surface area contributed by atoms with Gasteiger partial charge in [-0.15, -0.1) is 0 Å². The maximum Gasteiger partial charge on any atom is 0.324 e. The minimum Gasteiger partial charge on any atom is -0.348 e. The van der Waals surface area contributed by atoms with Crippen LogP contribution in [0.5, 0.6) is 0 Å². The third-order valence-electron chi connectivity index (χ3n) is 5.19. The summed E-state index contributed by atoms with van der Waals surface area (Å²) in [5, 5.41) is 2.88. The molecule has 7 heteroatoms. The smallest absolute Gasteiger partial charge is 0.324 e. The van der Waals surface area contributed by atoms with Crippen molar-refractivity contribution in [3.05, 3.63) is 95.6 Å². The number of nitrogens with zero attached hydrogens (tertiary/aromatic N) is 3. The molecular weight excluding hydrogens is 395 g/mol. The normalized spacial score (nSPS) is 13.9. The highest BCUT2D eigenvalue weighted by molar-refractivity contribution is 5.98. The van der Waals surface area contributed by atoms with Crippen molar-refractivity contribution in [1.82, 2.24) is 15.2 Å². The topological polar surface area (TPSA) is 65.5 Å². The molecule has 1 aliphatic rings. The summed E-state index contributed by atoms with van der Waals surface area (Å²) in [7, 11) is 0. The molecule has 6 nitrogen and oxygen atoms in total. The van der Waals surface area contributed by atoms with Crippen molar-refractivity contribution >= 4 is 17.6 Å². The highest BCUT2D eigenvalue weighted by Gasteiger charge is 2.27. The lowest BCUT2D eigenvalue weighted by Crippen LogP contribution is -2.49. The molecule has 4 rings (SSSR count). The first-order valence-corrected chi connectivity index (χ1v) is 10.2. The summed E-state index contributed by atoms with van der Waals surface area (Å²) in [5.41, 5.74) is 2.96. The molecule has 158 valence electrons. The number of anilines is 1. The van der Waals surface area contributed by atoms with Gasteiger partial charge in [0.2, 0.25) is 0 Å². The predicted molar refractivity (Wildman–Crippen MR) is 116 cm³/mol. The highest BCUT2D eigenvalue weighted by atomic mass is 19.1. The monoisotopic (exact) mass is 418 g/mol. The Hall–Kier alpha value is -3.74. The van der Waals surface area contributed by atoms with Crippen molar-refractivity contribution in [2.45, 2.75) is 19.5 Å². The van der Waals surface area contributed by atoms with Gasteiger partial charge in [-0.3, -0.25) is 14.7 Å². The lowest BCUT2D eigenvalue weighted by Gasteiger charge is -2.35. The molecule has 0 saturated carbocycles. The van der Waals surface area contributed by atoms with Gasteiger partial charge < -0.3 is 10.2 Å². The number of benzene rings is 2. The Balaban J connectivity index is 1.44. The van der Waals surface area contributed by atoms with Gasteiger partial charge in [-0.25, -0.2) is 9.18 Å². The number of halogens is 1. The first-order chi connectivity index (χ1) is 15.1. The first kappa shape index (κ1) is 20.5. The predicted octanol–water partition coefficient (Wildman–Crippen LogP) is 3.98. The van der Waals surface area contributed by atoms with Crippen molar-refractivity contribution in [1.29, 1.82) is 0 Å². The number of urea groups is 1. The molecule has 0 spiro atoms. The molecule has 1 saturated heterocycles. The van der Waals surface area contributed by atoms with Gasteiger partial charge in [0.1, 0.15) is 5.82 Å². The quantitative estimate of drug-likeness (QED) is 0.659. The van der Waals surface area contributed by atoms with Gasteiger partial charge in [-0.1, -0.05) is 24.3 Å². The Labute approximate surface area is 180 Å². The number of hydrogen-bond acceptors (Lipinski definition) is 3. The average molecular weight is 418 g/mol. The molecule has 0 radical (unpaired) electrons. The van der Waals surface area contributed by atoms with Crippen LogP contribution in [0.2, 0.25) is 0 Å². The third-order valence-corrected chi connectivity index (χ3v) is 5.19. The molecule has 2 heterocycles. The molecule has 1 N–H and O–H groups in total. The van der Waals surface area contributed by atoms with Crippen LogP contribution < -0.4 is 10.2 Å². The van der Waals surface area contributed by atoms with Crippen molar-refractivity contribution in [2.75, 3.05) is 18.0 Å². The van der Waals surface area contributed by atoms with E-state index >= 15 is 0 Å². The molecule has 1 aromatic heterocycles. The van der Waals surface area contributed by atoms with E-state index in [0.29, 0.717) is 37.4 Å². The van der Waals surface area contributed by atoms with Crippen molar-refractivity contribution < 1.29 is 14.0 Å². The molecule has 1 fully saturated rings. The zero-order valence-electron chi connectivity index (χ0n) is 17.0. The van der Waals surface area contributed by atoms with E-state index in [2.05, 4.69) is 10.3 Å². The van der Waals surface area contributed by atoms with E-state index in [1.165, 1.54) is 12.1 Å². The van der Waals surface area contributed by atoms with Gasteiger partial charge in [0.25, 0.3) is 5.91 Å². The van der Waals surface area contributed by atoms with Gasteiger partial charge >= 0.3 is 6.03 Å². The zero-order valence-corrected chi connectivity index (χ0v) is 17.0. The average Bonchev–Trinajstić information content (AvgIpc) is 2.81. The van der Waals surface area contributed by atoms with E-state index in [1.54, 1.807) is 52.5 Å². The molecule has 0 bridgehead atoms. The number of rotatable bonds is 6. The van der Waals surface area contributed by atoms with Crippen LogP contribution >= 0.6 is 0 Å². The molecule has 1 aliphatic heterocycles. The van der Waals surface area contributed by atoms with E-state index < -0.39 is 0 Å². The fourth-order valence-corrected chi connectivity index (χ4v) is 3.58. The minimum atomic E-state index is -0.297. The van der Waals surface area contributed by atoms with Gasteiger partial charge in [-0.05, 0) is 53.9 Å². The fraction of sp³-hybridized carbons (Fsp3) is 0.208. The van der Waals surface area contributed by atoms with Crippen LogP contribution in [0.15, 0.2) is 73.1 Å². The minimum absolute atomic E-state index is 0.122. The summed E-state index contributed by atoms with van der Waals surface area (Å²) in [5.74, 6) is -0.507. The van der Waals surface area contributed by atoms with Crippen LogP contribution in [0.25, 0.3) is 0 Å².